The van der Waals surface area contributed by atoms with Crippen LogP contribution in [0.15, 0.2) is 42.5 Å². The van der Waals surface area contributed by atoms with Gasteiger partial charge in [0.1, 0.15) is 5.75 Å². The van der Waals surface area contributed by atoms with Gasteiger partial charge < -0.3 is 19.5 Å². The Morgan fingerprint density at radius 2 is 1.75 bits per heavy atom. The van der Waals surface area contributed by atoms with E-state index in [1.807, 2.05) is 38.1 Å². The summed E-state index contributed by atoms with van der Waals surface area (Å²) in [5, 5.41) is 2.97. The molecule has 5 heteroatoms. The third-order valence-electron chi connectivity index (χ3n) is 3.68. The van der Waals surface area contributed by atoms with Crippen LogP contribution in [-0.4, -0.2) is 26.7 Å². The van der Waals surface area contributed by atoms with Crippen molar-refractivity contribution in [3.8, 4) is 17.2 Å². The van der Waals surface area contributed by atoms with E-state index in [9.17, 15) is 4.79 Å². The highest BCUT2D eigenvalue weighted by atomic mass is 16.5. The molecule has 0 bridgehead atoms. The van der Waals surface area contributed by atoms with Gasteiger partial charge in [-0.1, -0.05) is 18.2 Å². The van der Waals surface area contributed by atoms with E-state index in [2.05, 4.69) is 5.32 Å². The maximum atomic E-state index is 12.5. The third-order valence-corrected chi connectivity index (χ3v) is 3.68. The molecule has 0 saturated carbocycles. The summed E-state index contributed by atoms with van der Waals surface area (Å²) < 4.78 is 16.1. The van der Waals surface area contributed by atoms with Crippen LogP contribution in [-0.2, 0) is 0 Å². The number of para-hydroxylation sites is 1. The highest BCUT2D eigenvalue weighted by Crippen LogP contribution is 2.29. The Bertz CT molecular complexity index is 700. The predicted octanol–water partition coefficient (Wildman–Crippen LogP) is 3.59. The number of nitrogens with one attached hydrogen (secondary N) is 1. The molecule has 1 N–H and O–H groups in total. The first-order valence-corrected chi connectivity index (χ1v) is 7.85. The second-order valence-electron chi connectivity index (χ2n) is 5.24. The lowest BCUT2D eigenvalue weighted by Gasteiger charge is -2.18. The zero-order valence-electron chi connectivity index (χ0n) is 14.5. The lowest BCUT2D eigenvalue weighted by atomic mass is 10.1. The summed E-state index contributed by atoms with van der Waals surface area (Å²) in [5.41, 5.74) is 1.43. The first-order chi connectivity index (χ1) is 11.6. The Morgan fingerprint density at radius 1 is 1.04 bits per heavy atom. The highest BCUT2D eigenvalue weighted by Gasteiger charge is 2.16. The van der Waals surface area contributed by atoms with Crippen LogP contribution in [0.4, 0.5) is 0 Å². The van der Waals surface area contributed by atoms with Crippen molar-refractivity contribution in [3.63, 3.8) is 0 Å². The van der Waals surface area contributed by atoms with Crippen LogP contribution in [0.5, 0.6) is 17.2 Å². The van der Waals surface area contributed by atoms with E-state index in [4.69, 9.17) is 14.2 Å². The fourth-order valence-corrected chi connectivity index (χ4v) is 2.47. The number of carbonyl (C=O) groups is 1. The molecule has 0 aliphatic heterocycles. The Morgan fingerprint density at radius 3 is 2.42 bits per heavy atom. The van der Waals surface area contributed by atoms with Crippen LogP contribution in [0.1, 0.15) is 35.8 Å². The standard InChI is InChI=1S/C19H23NO4/c1-5-24-17-11-10-14(12-18(17)23-4)19(21)20-13(2)15-8-6-7-9-16(15)22-3/h6-13H,5H2,1-4H3,(H,20,21). The summed E-state index contributed by atoms with van der Waals surface area (Å²) in [7, 11) is 3.17. The maximum absolute atomic E-state index is 12.5. The molecular formula is C19H23NO4. The number of hydrogen-bond acceptors (Lipinski definition) is 4. The molecule has 2 aromatic carbocycles. The second kappa shape index (κ2) is 8.24. The summed E-state index contributed by atoms with van der Waals surface area (Å²) in [6.45, 7) is 4.35. The molecule has 0 heterocycles. The molecule has 24 heavy (non-hydrogen) atoms. The minimum Gasteiger partial charge on any atom is -0.496 e. The van der Waals surface area contributed by atoms with E-state index in [1.165, 1.54) is 0 Å². The molecular weight excluding hydrogens is 306 g/mol. The van der Waals surface area contributed by atoms with Crippen LogP contribution in [0, 0.1) is 0 Å². The SMILES string of the molecule is CCOc1ccc(C(=O)NC(C)c2ccccc2OC)cc1OC. The molecule has 5 nitrogen and oxygen atoms in total. The van der Waals surface area contributed by atoms with Crippen molar-refractivity contribution in [3.05, 3.63) is 53.6 Å². The lowest BCUT2D eigenvalue weighted by Crippen LogP contribution is -2.27. The number of ether oxygens (including phenoxy) is 3. The minimum absolute atomic E-state index is 0.185. The molecule has 2 aromatic rings. The molecule has 0 saturated heterocycles. The van der Waals surface area contributed by atoms with E-state index in [-0.39, 0.29) is 11.9 Å². The second-order valence-corrected chi connectivity index (χ2v) is 5.24. The summed E-state index contributed by atoms with van der Waals surface area (Å²) in [6.07, 6.45) is 0. The number of benzene rings is 2. The van der Waals surface area contributed by atoms with Crippen molar-refractivity contribution < 1.29 is 19.0 Å². The van der Waals surface area contributed by atoms with E-state index in [1.54, 1.807) is 32.4 Å². The van der Waals surface area contributed by atoms with Crippen molar-refractivity contribution in [2.75, 3.05) is 20.8 Å². The Labute approximate surface area is 142 Å². The molecule has 0 fully saturated rings. The molecule has 1 amide bonds. The zero-order valence-corrected chi connectivity index (χ0v) is 14.5. The number of methoxy groups -OCH3 is 2. The monoisotopic (exact) mass is 329 g/mol. The van der Waals surface area contributed by atoms with Crippen LogP contribution in [0.3, 0.4) is 0 Å². The molecule has 0 aliphatic carbocycles. The van der Waals surface area contributed by atoms with E-state index >= 15 is 0 Å². The first-order valence-electron chi connectivity index (χ1n) is 7.85. The molecule has 1 unspecified atom stereocenters. The average Bonchev–Trinajstić information content (AvgIpc) is 2.62. The quantitative estimate of drug-likeness (QED) is 0.843. The molecule has 0 aromatic heterocycles. The average molecular weight is 329 g/mol. The Balaban J connectivity index is 2.17. The number of hydrogen-bond donors (Lipinski definition) is 1. The smallest absolute Gasteiger partial charge is 0.251 e. The van der Waals surface area contributed by atoms with Crippen LogP contribution in [0.25, 0.3) is 0 Å². The molecule has 0 radical (unpaired) electrons. The molecule has 2 rings (SSSR count). The number of rotatable bonds is 7. The minimum atomic E-state index is -0.189. The predicted molar refractivity (Wildman–Crippen MR) is 93.0 cm³/mol. The topological polar surface area (TPSA) is 56.8 Å². The van der Waals surface area contributed by atoms with E-state index in [0.29, 0.717) is 23.7 Å². The summed E-state index contributed by atoms with van der Waals surface area (Å²) in [5.74, 6) is 1.72. The van der Waals surface area contributed by atoms with Crippen molar-refractivity contribution in [2.45, 2.75) is 19.9 Å². The molecule has 0 aliphatic rings. The van der Waals surface area contributed by atoms with E-state index < -0.39 is 0 Å². The van der Waals surface area contributed by atoms with Gasteiger partial charge in [0.25, 0.3) is 5.91 Å². The fourth-order valence-electron chi connectivity index (χ4n) is 2.47. The van der Waals surface area contributed by atoms with E-state index in [0.717, 1.165) is 11.3 Å². The Hall–Kier alpha value is -2.69. The largest absolute Gasteiger partial charge is 0.496 e. The van der Waals surface area contributed by atoms with Crippen LogP contribution < -0.4 is 19.5 Å². The van der Waals surface area contributed by atoms with Gasteiger partial charge in [-0.15, -0.1) is 0 Å². The Kier molecular flexibility index (Phi) is 6.07. The molecule has 1 atom stereocenters. The van der Waals surface area contributed by atoms with Crippen molar-refractivity contribution in [1.29, 1.82) is 0 Å². The van der Waals surface area contributed by atoms with Crippen molar-refractivity contribution >= 4 is 5.91 Å². The zero-order chi connectivity index (χ0) is 17.5. The lowest BCUT2D eigenvalue weighted by molar-refractivity contribution is 0.0939. The first kappa shape index (κ1) is 17.7. The van der Waals surface area contributed by atoms with Crippen LogP contribution >= 0.6 is 0 Å². The van der Waals surface area contributed by atoms with Gasteiger partial charge >= 0.3 is 0 Å². The van der Waals surface area contributed by atoms with Gasteiger partial charge in [-0.25, -0.2) is 0 Å². The third kappa shape index (κ3) is 3.98. The maximum Gasteiger partial charge on any atom is 0.251 e. The molecule has 0 spiro atoms. The van der Waals surface area contributed by atoms with Gasteiger partial charge in [-0.3, -0.25) is 4.79 Å². The molecule has 128 valence electrons. The number of carbonyl (C=O) groups excluding carboxylic acids is 1. The highest BCUT2D eigenvalue weighted by molar-refractivity contribution is 5.95. The summed E-state index contributed by atoms with van der Waals surface area (Å²) >= 11 is 0. The van der Waals surface area contributed by atoms with Gasteiger partial charge in [0, 0.05) is 11.1 Å². The normalized spacial score (nSPS) is 11.5. The van der Waals surface area contributed by atoms with Crippen molar-refractivity contribution in [1.82, 2.24) is 5.32 Å². The van der Waals surface area contributed by atoms with Gasteiger partial charge in [0.15, 0.2) is 11.5 Å². The van der Waals surface area contributed by atoms with Gasteiger partial charge in [-0.05, 0) is 38.1 Å². The van der Waals surface area contributed by atoms with Gasteiger partial charge in [-0.2, -0.15) is 0 Å². The van der Waals surface area contributed by atoms with Gasteiger partial charge in [0.05, 0.1) is 26.9 Å². The number of amides is 1. The van der Waals surface area contributed by atoms with Gasteiger partial charge in [0.2, 0.25) is 0 Å². The summed E-state index contributed by atoms with van der Waals surface area (Å²) in [4.78, 5) is 12.5. The summed E-state index contributed by atoms with van der Waals surface area (Å²) in [6, 6.07) is 12.6. The van der Waals surface area contributed by atoms with Crippen LogP contribution in [0.2, 0.25) is 0 Å². The van der Waals surface area contributed by atoms with Crippen molar-refractivity contribution in [2.24, 2.45) is 0 Å². The fraction of sp³-hybridized carbons (Fsp3) is 0.316.